The molecule has 2 aromatic heterocycles. The summed E-state index contributed by atoms with van der Waals surface area (Å²) in [4.78, 5) is 0. The van der Waals surface area contributed by atoms with Gasteiger partial charge >= 0.3 is 0 Å². The third-order valence-corrected chi connectivity index (χ3v) is 7.50. The maximum Gasteiger partial charge on any atom is 0.141 e. The van der Waals surface area contributed by atoms with Crippen molar-refractivity contribution in [2.45, 2.75) is 79.2 Å². The summed E-state index contributed by atoms with van der Waals surface area (Å²) in [5, 5.41) is 2.08. The molecule has 1 aliphatic carbocycles. The zero-order valence-electron chi connectivity index (χ0n) is 23.1. The number of rotatable bonds is 8. The van der Waals surface area contributed by atoms with Crippen molar-refractivity contribution < 1.29 is 8.81 Å². The van der Waals surface area contributed by atoms with E-state index in [1.165, 1.54) is 30.5 Å². The summed E-state index contributed by atoms with van der Waals surface area (Å²) >= 11 is 0. The van der Waals surface area contributed by atoms with Crippen molar-refractivity contribution >= 4 is 21.9 Å². The van der Waals surface area contributed by atoms with Crippen LogP contribution in [0.3, 0.4) is 0 Å². The predicted molar refractivity (Wildman–Crippen MR) is 156 cm³/mol. The van der Waals surface area contributed by atoms with Crippen LogP contribution in [0.15, 0.2) is 77.4 Å². The Labute approximate surface area is 221 Å². The Kier molecular flexibility index (Phi) is 9.08. The number of hydrogen-bond acceptors (Lipinski definition) is 1. The van der Waals surface area contributed by atoms with Gasteiger partial charge in [-0.2, -0.15) is 0 Å². The first-order valence-corrected chi connectivity index (χ1v) is 14.2. The lowest BCUT2D eigenvalue weighted by molar-refractivity contribution is 0.543. The molecule has 2 heterocycles. The SMILES string of the molecule is CC.CCn1cccc1C1CCC[C@H]1/C=C/C=C\Cc1c(F)ccc2c1oc1c(CC(C)C)cccc12. The zero-order chi connectivity index (χ0) is 26.4. The molecule has 196 valence electrons. The Balaban J connectivity index is 0.00000156. The van der Waals surface area contributed by atoms with Gasteiger partial charge in [0.15, 0.2) is 0 Å². The van der Waals surface area contributed by atoms with E-state index in [9.17, 15) is 4.39 Å². The van der Waals surface area contributed by atoms with Crippen LogP contribution in [-0.4, -0.2) is 4.57 Å². The second-order valence-electron chi connectivity index (χ2n) is 10.3. The minimum atomic E-state index is -0.202. The highest BCUT2D eigenvalue weighted by Gasteiger charge is 2.28. The number of benzene rings is 2. The van der Waals surface area contributed by atoms with Crippen LogP contribution < -0.4 is 0 Å². The van der Waals surface area contributed by atoms with E-state index >= 15 is 0 Å². The monoisotopic (exact) mass is 499 g/mol. The fraction of sp³-hybridized carbons (Fsp3) is 0.412. The molecule has 1 aliphatic rings. The number of halogens is 1. The molecular formula is C34H42FNO. The average molecular weight is 500 g/mol. The third kappa shape index (κ3) is 5.76. The molecular weight excluding hydrogens is 457 g/mol. The molecule has 3 heteroatoms. The van der Waals surface area contributed by atoms with Crippen molar-refractivity contribution in [1.29, 1.82) is 0 Å². The second kappa shape index (κ2) is 12.4. The fourth-order valence-corrected chi connectivity index (χ4v) is 5.85. The molecule has 2 atom stereocenters. The first kappa shape index (κ1) is 27.0. The van der Waals surface area contributed by atoms with Crippen molar-refractivity contribution in [2.75, 3.05) is 0 Å². The normalized spacial score (nSPS) is 18.0. The minimum absolute atomic E-state index is 0.202. The summed E-state index contributed by atoms with van der Waals surface area (Å²) < 4.78 is 23.6. The number of para-hydroxylation sites is 1. The zero-order valence-corrected chi connectivity index (χ0v) is 23.1. The van der Waals surface area contributed by atoms with E-state index in [1.807, 2.05) is 19.9 Å². The topological polar surface area (TPSA) is 18.1 Å². The lowest BCUT2D eigenvalue weighted by atomic mass is 9.92. The van der Waals surface area contributed by atoms with Crippen LogP contribution in [0.5, 0.6) is 0 Å². The number of aromatic nitrogens is 1. The van der Waals surface area contributed by atoms with Crippen LogP contribution >= 0.6 is 0 Å². The highest BCUT2D eigenvalue weighted by molar-refractivity contribution is 6.06. The number of nitrogens with zero attached hydrogens (tertiary/aromatic N) is 1. The van der Waals surface area contributed by atoms with Crippen LogP contribution in [0.1, 0.15) is 76.6 Å². The van der Waals surface area contributed by atoms with E-state index in [2.05, 4.69) is 86.2 Å². The molecule has 5 rings (SSSR count). The number of furan rings is 1. The molecule has 37 heavy (non-hydrogen) atoms. The Morgan fingerprint density at radius 2 is 1.81 bits per heavy atom. The van der Waals surface area contributed by atoms with Gasteiger partial charge in [0, 0.05) is 40.7 Å². The Bertz CT molecular complexity index is 1370. The van der Waals surface area contributed by atoms with E-state index in [4.69, 9.17) is 4.42 Å². The molecule has 0 N–H and O–H groups in total. The average Bonchev–Trinajstić information content (AvgIpc) is 3.64. The van der Waals surface area contributed by atoms with Gasteiger partial charge < -0.3 is 8.98 Å². The molecule has 0 spiro atoms. The van der Waals surface area contributed by atoms with Gasteiger partial charge in [0.2, 0.25) is 0 Å². The molecule has 1 fully saturated rings. The maximum atomic E-state index is 14.9. The minimum Gasteiger partial charge on any atom is -0.455 e. The first-order chi connectivity index (χ1) is 18.1. The van der Waals surface area contributed by atoms with E-state index in [0.29, 0.717) is 35.3 Å². The van der Waals surface area contributed by atoms with Gasteiger partial charge in [-0.1, -0.05) is 76.6 Å². The molecule has 2 nitrogen and oxygen atoms in total. The summed E-state index contributed by atoms with van der Waals surface area (Å²) in [7, 11) is 0. The number of allylic oxidation sites excluding steroid dienone is 4. The van der Waals surface area contributed by atoms with Crippen LogP contribution in [0, 0.1) is 17.7 Å². The van der Waals surface area contributed by atoms with Gasteiger partial charge in [-0.05, 0) is 74.3 Å². The van der Waals surface area contributed by atoms with Crippen molar-refractivity contribution in [3.63, 3.8) is 0 Å². The lowest BCUT2D eigenvalue weighted by Gasteiger charge is -2.18. The summed E-state index contributed by atoms with van der Waals surface area (Å²) in [6.07, 6.45) is 16.0. The summed E-state index contributed by atoms with van der Waals surface area (Å²) in [6, 6.07) is 14.2. The van der Waals surface area contributed by atoms with E-state index in [0.717, 1.165) is 29.3 Å². The third-order valence-electron chi connectivity index (χ3n) is 7.50. The van der Waals surface area contributed by atoms with Gasteiger partial charge in [-0.15, -0.1) is 0 Å². The van der Waals surface area contributed by atoms with Gasteiger partial charge in [-0.25, -0.2) is 4.39 Å². The molecule has 0 bridgehead atoms. The van der Waals surface area contributed by atoms with E-state index < -0.39 is 0 Å². The molecule has 2 aromatic carbocycles. The van der Waals surface area contributed by atoms with Crippen LogP contribution in [0.4, 0.5) is 4.39 Å². The van der Waals surface area contributed by atoms with Crippen molar-refractivity contribution in [2.24, 2.45) is 11.8 Å². The van der Waals surface area contributed by atoms with Gasteiger partial charge in [-0.3, -0.25) is 0 Å². The van der Waals surface area contributed by atoms with E-state index in [1.54, 1.807) is 6.07 Å². The van der Waals surface area contributed by atoms with Gasteiger partial charge in [0.25, 0.3) is 0 Å². The Hall–Kier alpha value is -3.07. The standard InChI is InChI=1S/C32H36FNO.C2H6/c1-4-34-20-10-17-30(34)25-15-8-12-23(25)11-6-5-7-14-28-29(33)19-18-27-26-16-9-13-24(21-22(2)3)31(26)35-32(27)28;1-2/h5-7,9-11,13,16-20,22-23,25H,4,8,12,14-15,21H2,1-3H3;1-2H3/b7-5-,11-6+;/t23-,25?;/m1./s1. The molecule has 0 saturated heterocycles. The highest BCUT2D eigenvalue weighted by atomic mass is 19.1. The fourth-order valence-electron chi connectivity index (χ4n) is 5.85. The number of hydrogen-bond donors (Lipinski definition) is 0. The van der Waals surface area contributed by atoms with Crippen molar-refractivity contribution in [3.8, 4) is 0 Å². The van der Waals surface area contributed by atoms with Crippen LogP contribution in [0.2, 0.25) is 0 Å². The van der Waals surface area contributed by atoms with Crippen molar-refractivity contribution in [3.05, 3.63) is 95.6 Å². The molecule has 0 amide bonds. The molecule has 1 saturated carbocycles. The van der Waals surface area contributed by atoms with Gasteiger partial charge in [0.05, 0.1) is 0 Å². The van der Waals surface area contributed by atoms with Crippen molar-refractivity contribution in [1.82, 2.24) is 4.57 Å². The first-order valence-electron chi connectivity index (χ1n) is 14.2. The number of fused-ring (bicyclic) bond motifs is 3. The summed E-state index contributed by atoms with van der Waals surface area (Å²) in [5.74, 6) is 1.49. The Morgan fingerprint density at radius 3 is 2.59 bits per heavy atom. The molecule has 1 unspecified atom stereocenters. The summed E-state index contributed by atoms with van der Waals surface area (Å²) in [6.45, 7) is 11.6. The highest BCUT2D eigenvalue weighted by Crippen LogP contribution is 2.40. The number of aryl methyl sites for hydroxylation is 1. The second-order valence-corrected chi connectivity index (χ2v) is 10.3. The molecule has 0 radical (unpaired) electrons. The van der Waals surface area contributed by atoms with E-state index in [-0.39, 0.29) is 5.82 Å². The van der Waals surface area contributed by atoms with Crippen LogP contribution in [0.25, 0.3) is 21.9 Å². The van der Waals surface area contributed by atoms with Gasteiger partial charge in [0.1, 0.15) is 17.0 Å². The summed E-state index contributed by atoms with van der Waals surface area (Å²) in [5.41, 5.74) is 4.87. The largest absolute Gasteiger partial charge is 0.455 e. The smallest absolute Gasteiger partial charge is 0.141 e. The quantitative estimate of drug-likeness (QED) is 0.221. The lowest BCUT2D eigenvalue weighted by Crippen LogP contribution is -2.09. The predicted octanol–water partition coefficient (Wildman–Crippen LogP) is 10.0. The molecule has 0 aliphatic heterocycles. The maximum absolute atomic E-state index is 14.9. The Morgan fingerprint density at radius 1 is 1.00 bits per heavy atom. The molecule has 4 aromatic rings. The van der Waals surface area contributed by atoms with Crippen LogP contribution in [-0.2, 0) is 19.4 Å².